The molecule has 1 atom stereocenters. The highest BCUT2D eigenvalue weighted by Gasteiger charge is 2.23. The maximum atomic E-state index is 13.1. The largest absolute Gasteiger partial charge is 0.353 e. The van der Waals surface area contributed by atoms with Gasteiger partial charge in [-0.05, 0) is 60.9 Å². The van der Waals surface area contributed by atoms with Crippen molar-refractivity contribution in [2.75, 3.05) is 18.0 Å². The van der Waals surface area contributed by atoms with E-state index < -0.39 is 0 Å². The number of anilines is 1. The van der Waals surface area contributed by atoms with Gasteiger partial charge in [-0.15, -0.1) is 0 Å². The number of benzene rings is 2. The van der Waals surface area contributed by atoms with Crippen molar-refractivity contribution in [1.82, 2.24) is 15.5 Å². The van der Waals surface area contributed by atoms with Gasteiger partial charge in [-0.1, -0.05) is 17.7 Å². The maximum Gasteiger partial charge on any atom is 0.251 e. The lowest BCUT2D eigenvalue weighted by Gasteiger charge is -2.33. The fraction of sp³-hybridized carbons (Fsp3) is 0.238. The first-order valence-corrected chi connectivity index (χ1v) is 9.59. The summed E-state index contributed by atoms with van der Waals surface area (Å²) in [5.41, 5.74) is 2.27. The van der Waals surface area contributed by atoms with Crippen LogP contribution in [0.5, 0.6) is 0 Å². The molecule has 1 aliphatic heterocycles. The van der Waals surface area contributed by atoms with E-state index in [1.54, 1.807) is 36.4 Å². The van der Waals surface area contributed by atoms with Crippen molar-refractivity contribution in [3.05, 3.63) is 71.0 Å². The fourth-order valence-corrected chi connectivity index (χ4v) is 3.64. The lowest BCUT2D eigenvalue weighted by atomic mass is 10.0. The first-order valence-electron chi connectivity index (χ1n) is 9.21. The highest BCUT2D eigenvalue weighted by molar-refractivity contribution is 6.30. The number of hydrogen-bond donors (Lipinski definition) is 2. The minimum atomic E-state index is -0.266. The van der Waals surface area contributed by atoms with Crippen molar-refractivity contribution < 1.29 is 9.18 Å². The van der Waals surface area contributed by atoms with Gasteiger partial charge in [0.05, 0.1) is 5.69 Å². The first-order chi connectivity index (χ1) is 13.6. The van der Waals surface area contributed by atoms with Gasteiger partial charge in [0.15, 0.2) is 5.82 Å². The Balaban J connectivity index is 1.42. The highest BCUT2D eigenvalue weighted by Crippen LogP contribution is 2.24. The average Bonchev–Trinajstić information content (AvgIpc) is 3.19. The second-order valence-corrected chi connectivity index (χ2v) is 7.35. The quantitative estimate of drug-likeness (QED) is 0.690. The van der Waals surface area contributed by atoms with E-state index in [-0.39, 0.29) is 17.8 Å². The summed E-state index contributed by atoms with van der Waals surface area (Å²) in [6.45, 7) is 1.55. The van der Waals surface area contributed by atoms with Gasteiger partial charge in [-0.3, -0.25) is 9.89 Å². The molecule has 1 aromatic heterocycles. The number of hydrogen-bond acceptors (Lipinski definition) is 3. The molecule has 1 saturated heterocycles. The summed E-state index contributed by atoms with van der Waals surface area (Å²) < 4.78 is 13.1. The van der Waals surface area contributed by atoms with E-state index in [9.17, 15) is 9.18 Å². The highest BCUT2D eigenvalue weighted by atomic mass is 35.5. The van der Waals surface area contributed by atoms with Crippen molar-refractivity contribution in [3.8, 4) is 11.3 Å². The van der Waals surface area contributed by atoms with Crippen LogP contribution in [0.25, 0.3) is 11.3 Å². The predicted octanol–water partition coefficient (Wildman–Crippen LogP) is 4.27. The number of rotatable bonds is 4. The van der Waals surface area contributed by atoms with Gasteiger partial charge in [0.25, 0.3) is 5.91 Å². The van der Waals surface area contributed by atoms with E-state index in [1.807, 2.05) is 6.07 Å². The number of nitrogens with one attached hydrogen (secondary N) is 2. The Labute approximate surface area is 167 Å². The number of piperidine rings is 1. The third-order valence-corrected chi connectivity index (χ3v) is 5.12. The zero-order valence-electron chi connectivity index (χ0n) is 15.2. The van der Waals surface area contributed by atoms with E-state index in [0.717, 1.165) is 36.5 Å². The van der Waals surface area contributed by atoms with Crippen LogP contribution in [-0.2, 0) is 0 Å². The minimum absolute atomic E-state index is 0.0335. The topological polar surface area (TPSA) is 61.0 Å². The Morgan fingerprint density at radius 3 is 2.82 bits per heavy atom. The van der Waals surface area contributed by atoms with Gasteiger partial charge in [0.1, 0.15) is 5.82 Å². The molecule has 0 spiro atoms. The van der Waals surface area contributed by atoms with Gasteiger partial charge >= 0.3 is 0 Å². The summed E-state index contributed by atoms with van der Waals surface area (Å²) in [6, 6.07) is 15.2. The Morgan fingerprint density at radius 1 is 1.21 bits per heavy atom. The molecule has 5 nitrogen and oxygen atoms in total. The van der Waals surface area contributed by atoms with Crippen LogP contribution in [0.1, 0.15) is 23.2 Å². The summed E-state index contributed by atoms with van der Waals surface area (Å²) >= 11 is 5.98. The maximum absolute atomic E-state index is 13.1. The molecule has 1 aliphatic rings. The number of aromatic amines is 1. The van der Waals surface area contributed by atoms with Crippen molar-refractivity contribution in [3.63, 3.8) is 0 Å². The smallest absolute Gasteiger partial charge is 0.251 e. The molecule has 144 valence electrons. The average molecular weight is 399 g/mol. The van der Waals surface area contributed by atoms with E-state index in [4.69, 9.17) is 11.6 Å². The molecule has 0 aliphatic carbocycles. The molecular weight excluding hydrogens is 379 g/mol. The molecule has 3 aromatic rings. The van der Waals surface area contributed by atoms with Gasteiger partial charge in [-0.25, -0.2) is 4.39 Å². The molecule has 1 fully saturated rings. The Morgan fingerprint density at radius 2 is 2.04 bits per heavy atom. The molecule has 0 saturated carbocycles. The lowest BCUT2D eigenvalue weighted by Crippen LogP contribution is -2.48. The molecular formula is C21H20ClFN4O. The van der Waals surface area contributed by atoms with E-state index in [1.165, 1.54) is 12.1 Å². The van der Waals surface area contributed by atoms with Gasteiger partial charge in [-0.2, -0.15) is 5.10 Å². The monoisotopic (exact) mass is 398 g/mol. The summed E-state index contributed by atoms with van der Waals surface area (Å²) in [6.07, 6.45) is 1.87. The Bertz CT molecular complexity index is 973. The third-order valence-electron chi connectivity index (χ3n) is 4.89. The molecule has 4 rings (SSSR count). The molecule has 0 radical (unpaired) electrons. The molecule has 2 heterocycles. The van der Waals surface area contributed by atoms with Crippen LogP contribution in [-0.4, -0.2) is 35.2 Å². The van der Waals surface area contributed by atoms with Crippen LogP contribution >= 0.6 is 11.6 Å². The van der Waals surface area contributed by atoms with E-state index >= 15 is 0 Å². The van der Waals surface area contributed by atoms with E-state index in [0.29, 0.717) is 17.1 Å². The van der Waals surface area contributed by atoms with Crippen molar-refractivity contribution in [1.29, 1.82) is 0 Å². The Hall–Kier alpha value is -2.86. The molecule has 7 heteroatoms. The molecule has 2 N–H and O–H groups in total. The molecule has 1 amide bonds. The summed E-state index contributed by atoms with van der Waals surface area (Å²) in [5, 5.41) is 11.0. The van der Waals surface area contributed by atoms with Crippen LogP contribution < -0.4 is 10.2 Å². The number of aromatic nitrogens is 2. The fourth-order valence-electron chi connectivity index (χ4n) is 3.45. The van der Waals surface area contributed by atoms with Crippen LogP contribution in [0.3, 0.4) is 0 Å². The van der Waals surface area contributed by atoms with Crippen LogP contribution in [0.2, 0.25) is 5.02 Å². The van der Waals surface area contributed by atoms with Crippen molar-refractivity contribution in [2.45, 2.75) is 18.9 Å². The zero-order valence-corrected chi connectivity index (χ0v) is 15.9. The standard InChI is InChI=1S/C21H20ClFN4O/c22-16-4-1-3-15(11-16)21(28)24-18-5-2-10-27(13-18)20-12-19(25-26-20)14-6-8-17(23)9-7-14/h1,3-4,6-9,11-12,18H,2,5,10,13H2,(H,24,28)(H,25,26). The van der Waals surface area contributed by atoms with Crippen LogP contribution in [0, 0.1) is 5.82 Å². The summed E-state index contributed by atoms with van der Waals surface area (Å²) in [5.74, 6) is 0.433. The molecule has 2 aromatic carbocycles. The van der Waals surface area contributed by atoms with Gasteiger partial charge < -0.3 is 10.2 Å². The summed E-state index contributed by atoms with van der Waals surface area (Å²) in [4.78, 5) is 14.6. The number of carbonyl (C=O) groups is 1. The van der Waals surface area contributed by atoms with Crippen LogP contribution in [0.15, 0.2) is 54.6 Å². The molecule has 28 heavy (non-hydrogen) atoms. The number of H-pyrrole nitrogens is 1. The zero-order chi connectivity index (χ0) is 19.5. The minimum Gasteiger partial charge on any atom is -0.353 e. The van der Waals surface area contributed by atoms with Crippen LogP contribution in [0.4, 0.5) is 10.2 Å². The van der Waals surface area contributed by atoms with E-state index in [2.05, 4.69) is 20.4 Å². The summed E-state index contributed by atoms with van der Waals surface area (Å²) in [7, 11) is 0. The third kappa shape index (κ3) is 4.17. The predicted molar refractivity (Wildman–Crippen MR) is 108 cm³/mol. The number of halogens is 2. The van der Waals surface area contributed by atoms with Gasteiger partial charge in [0.2, 0.25) is 0 Å². The SMILES string of the molecule is O=C(NC1CCCN(c2cc(-c3ccc(F)cc3)[nH]n2)C1)c1cccc(Cl)c1. The van der Waals surface area contributed by atoms with Gasteiger partial charge in [0, 0.05) is 35.8 Å². The second-order valence-electron chi connectivity index (χ2n) is 6.92. The molecule has 1 unspecified atom stereocenters. The number of carbonyl (C=O) groups excluding carboxylic acids is 1. The first kappa shape index (κ1) is 18.5. The number of amides is 1. The number of nitrogens with zero attached hydrogens (tertiary/aromatic N) is 2. The lowest BCUT2D eigenvalue weighted by molar-refractivity contribution is 0.0933. The molecule has 0 bridgehead atoms. The second kappa shape index (κ2) is 8.02. The normalized spacial score (nSPS) is 16.8. The Kier molecular flexibility index (Phi) is 5.30. The van der Waals surface area contributed by atoms with Crippen molar-refractivity contribution >= 4 is 23.3 Å². The van der Waals surface area contributed by atoms with Crippen molar-refractivity contribution in [2.24, 2.45) is 0 Å².